The third kappa shape index (κ3) is 6.07. The first-order chi connectivity index (χ1) is 15.7. The molecular weight excluding hydrogens is 440 g/mol. The van der Waals surface area contributed by atoms with E-state index in [1.165, 1.54) is 18.2 Å². The van der Waals surface area contributed by atoms with Crippen molar-refractivity contribution >= 4 is 28.6 Å². The van der Waals surface area contributed by atoms with E-state index in [1.807, 2.05) is 39.1 Å². The van der Waals surface area contributed by atoms with Gasteiger partial charge in [0.2, 0.25) is 5.90 Å². The van der Waals surface area contributed by atoms with Gasteiger partial charge in [0.1, 0.15) is 6.61 Å². The van der Waals surface area contributed by atoms with Crippen molar-refractivity contribution in [2.24, 2.45) is 5.73 Å². The van der Waals surface area contributed by atoms with Crippen LogP contribution >= 0.6 is 0 Å². The van der Waals surface area contributed by atoms with Crippen molar-refractivity contribution < 1.29 is 18.3 Å². The maximum absolute atomic E-state index is 12.9. The van der Waals surface area contributed by atoms with Crippen LogP contribution in [0.3, 0.4) is 0 Å². The second kappa shape index (κ2) is 10.7. The molecule has 176 valence electrons. The van der Waals surface area contributed by atoms with E-state index in [0.29, 0.717) is 30.9 Å². The molecule has 0 aromatic heterocycles. The summed E-state index contributed by atoms with van der Waals surface area (Å²) in [4.78, 5) is 16.9. The molecule has 2 aromatic carbocycles. The number of amides is 1. The number of nitrogens with one attached hydrogen (secondary N) is 1. The Kier molecular flexibility index (Phi) is 8.01. The van der Waals surface area contributed by atoms with E-state index in [9.17, 15) is 13.6 Å². The first kappa shape index (κ1) is 24.6. The average molecular weight is 471 g/mol. The number of benzene rings is 2. The summed E-state index contributed by atoms with van der Waals surface area (Å²) in [5.74, 6) is -0.236. The average Bonchev–Trinajstić information content (AvgIpc) is 2.78. The standard InChI is InChI=1S/C24H30N4O4S/c1-16-6-4-7-17(2)23(16)21(25)13-22(26)32-15-19-14-28(11-10-27(19)3)24(29)18-8-5-9-20(12-18)33(30)31/h4-9,12-13,19,26H,10-11,14-15,25H2,1-3H3,(H,30,31)/b21-13-,26-22?. The zero-order valence-corrected chi connectivity index (χ0v) is 19.9. The summed E-state index contributed by atoms with van der Waals surface area (Å²) in [6.45, 7) is 5.80. The van der Waals surface area contributed by atoms with Gasteiger partial charge in [0.05, 0.1) is 10.9 Å². The fraction of sp³-hybridized carbons (Fsp3) is 0.333. The Hall–Kier alpha value is -3.01. The van der Waals surface area contributed by atoms with E-state index in [4.69, 9.17) is 15.9 Å². The number of aryl methyl sites for hydroxylation is 2. The van der Waals surface area contributed by atoms with Crippen LogP contribution in [0, 0.1) is 19.3 Å². The van der Waals surface area contributed by atoms with Crippen LogP contribution in [-0.2, 0) is 15.8 Å². The molecule has 3 rings (SSSR count). The van der Waals surface area contributed by atoms with E-state index >= 15 is 0 Å². The molecule has 1 aliphatic heterocycles. The lowest BCUT2D eigenvalue weighted by Gasteiger charge is -2.39. The predicted octanol–water partition coefficient (Wildman–Crippen LogP) is 2.63. The summed E-state index contributed by atoms with van der Waals surface area (Å²) in [6.07, 6.45) is 1.52. The van der Waals surface area contributed by atoms with Gasteiger partial charge in [-0.05, 0) is 50.2 Å². The van der Waals surface area contributed by atoms with E-state index in [1.54, 1.807) is 17.0 Å². The molecule has 2 unspecified atom stereocenters. The number of nitrogens with two attached hydrogens (primary N) is 1. The van der Waals surface area contributed by atoms with Crippen LogP contribution in [0.25, 0.3) is 5.70 Å². The van der Waals surface area contributed by atoms with E-state index in [0.717, 1.165) is 16.7 Å². The third-order valence-corrected chi connectivity index (χ3v) is 6.49. The summed E-state index contributed by atoms with van der Waals surface area (Å²) < 4.78 is 26.3. The molecule has 1 saturated heterocycles. The first-order valence-electron chi connectivity index (χ1n) is 10.6. The van der Waals surface area contributed by atoms with Gasteiger partial charge in [0.25, 0.3) is 5.91 Å². The van der Waals surface area contributed by atoms with Crippen molar-refractivity contribution in [2.75, 3.05) is 33.3 Å². The molecule has 1 amide bonds. The maximum atomic E-state index is 12.9. The summed E-state index contributed by atoms with van der Waals surface area (Å²) in [5.41, 5.74) is 10.1. The minimum atomic E-state index is -2.14. The lowest BCUT2D eigenvalue weighted by atomic mass is 10.00. The number of hydrogen-bond donors (Lipinski definition) is 3. The normalized spacial score (nSPS) is 18.1. The number of carbonyl (C=O) groups excluding carboxylic acids is 1. The number of rotatable bonds is 6. The fourth-order valence-electron chi connectivity index (χ4n) is 3.94. The van der Waals surface area contributed by atoms with Gasteiger partial charge in [-0.2, -0.15) is 0 Å². The van der Waals surface area contributed by atoms with Crippen LogP contribution in [-0.4, -0.2) is 69.7 Å². The van der Waals surface area contributed by atoms with Gasteiger partial charge in [-0.3, -0.25) is 15.1 Å². The first-order valence-corrected chi connectivity index (χ1v) is 11.7. The highest BCUT2D eigenvalue weighted by molar-refractivity contribution is 7.79. The van der Waals surface area contributed by atoms with Crippen molar-refractivity contribution in [2.45, 2.75) is 24.8 Å². The van der Waals surface area contributed by atoms with Crippen molar-refractivity contribution in [3.8, 4) is 0 Å². The molecule has 0 spiro atoms. The summed E-state index contributed by atoms with van der Waals surface area (Å²) in [6, 6.07) is 12.0. The van der Waals surface area contributed by atoms with E-state index in [2.05, 4.69) is 4.90 Å². The van der Waals surface area contributed by atoms with Crippen molar-refractivity contribution in [3.63, 3.8) is 0 Å². The fourth-order valence-corrected chi connectivity index (χ4v) is 4.36. The molecule has 1 heterocycles. The van der Waals surface area contributed by atoms with Crippen LogP contribution in [0.1, 0.15) is 27.0 Å². The third-order valence-electron chi connectivity index (χ3n) is 5.83. The maximum Gasteiger partial charge on any atom is 0.253 e. The van der Waals surface area contributed by atoms with Crippen LogP contribution < -0.4 is 5.73 Å². The Morgan fingerprint density at radius 2 is 1.91 bits per heavy atom. The molecule has 9 heteroatoms. The second-order valence-electron chi connectivity index (χ2n) is 8.20. The Bertz CT molecular complexity index is 1080. The Morgan fingerprint density at radius 3 is 2.58 bits per heavy atom. The van der Waals surface area contributed by atoms with Crippen molar-refractivity contribution in [1.29, 1.82) is 5.41 Å². The Labute approximate surface area is 196 Å². The molecule has 2 atom stereocenters. The summed E-state index contributed by atoms with van der Waals surface area (Å²) in [7, 11) is 1.95. The number of carbonyl (C=O) groups is 1. The lowest BCUT2D eigenvalue weighted by molar-refractivity contribution is 0.0437. The number of hydrogen-bond acceptors (Lipinski definition) is 6. The van der Waals surface area contributed by atoms with Crippen molar-refractivity contribution in [3.05, 3.63) is 70.8 Å². The minimum absolute atomic E-state index is 0.0369. The SMILES string of the molecule is Cc1cccc(C)c1/C(N)=C/C(=N)OCC1CN(C(=O)c2cccc(S(=O)O)c2)CCN1C. The highest BCUT2D eigenvalue weighted by atomic mass is 32.2. The highest BCUT2D eigenvalue weighted by Crippen LogP contribution is 2.20. The number of ether oxygens (including phenoxy) is 1. The van der Waals surface area contributed by atoms with E-state index in [-0.39, 0.29) is 29.3 Å². The van der Waals surface area contributed by atoms with Crippen LogP contribution in [0.5, 0.6) is 0 Å². The van der Waals surface area contributed by atoms with Gasteiger partial charge in [-0.15, -0.1) is 0 Å². The van der Waals surface area contributed by atoms with Gasteiger partial charge >= 0.3 is 0 Å². The molecule has 33 heavy (non-hydrogen) atoms. The Morgan fingerprint density at radius 1 is 1.24 bits per heavy atom. The quantitative estimate of drug-likeness (QED) is 0.339. The van der Waals surface area contributed by atoms with Gasteiger partial charge < -0.3 is 19.9 Å². The molecule has 2 aromatic rings. The molecule has 0 radical (unpaired) electrons. The molecule has 0 aliphatic carbocycles. The van der Waals surface area contributed by atoms with Crippen LogP contribution in [0.4, 0.5) is 0 Å². The summed E-state index contributed by atoms with van der Waals surface area (Å²) >= 11 is -2.14. The van der Waals surface area contributed by atoms with E-state index < -0.39 is 11.1 Å². The lowest BCUT2D eigenvalue weighted by Crippen LogP contribution is -2.55. The van der Waals surface area contributed by atoms with Gasteiger partial charge in [0, 0.05) is 42.5 Å². The molecule has 8 nitrogen and oxygen atoms in total. The molecule has 0 saturated carbocycles. The molecular formula is C24H30N4O4S. The van der Waals surface area contributed by atoms with Crippen LogP contribution in [0.2, 0.25) is 0 Å². The minimum Gasteiger partial charge on any atom is -0.476 e. The topological polar surface area (TPSA) is 120 Å². The molecule has 0 bridgehead atoms. The smallest absolute Gasteiger partial charge is 0.253 e. The van der Waals surface area contributed by atoms with Gasteiger partial charge in [0.15, 0.2) is 11.1 Å². The van der Waals surface area contributed by atoms with Crippen molar-refractivity contribution in [1.82, 2.24) is 9.80 Å². The number of likely N-dealkylation sites (N-methyl/N-ethyl adjacent to an activating group) is 1. The predicted molar refractivity (Wildman–Crippen MR) is 130 cm³/mol. The number of piperazine rings is 1. The molecule has 1 aliphatic rings. The second-order valence-corrected chi connectivity index (χ2v) is 9.17. The zero-order chi connectivity index (χ0) is 24.1. The highest BCUT2D eigenvalue weighted by Gasteiger charge is 2.28. The number of nitrogens with zero attached hydrogens (tertiary/aromatic N) is 2. The molecule has 4 N–H and O–H groups in total. The zero-order valence-electron chi connectivity index (χ0n) is 19.1. The van der Waals surface area contributed by atoms with Gasteiger partial charge in [-0.25, -0.2) is 4.21 Å². The van der Waals surface area contributed by atoms with Gasteiger partial charge in [-0.1, -0.05) is 24.3 Å². The Balaban J connectivity index is 1.64. The largest absolute Gasteiger partial charge is 0.476 e. The summed E-state index contributed by atoms with van der Waals surface area (Å²) in [5, 5.41) is 8.20. The molecule has 1 fully saturated rings. The van der Waals surface area contributed by atoms with Crippen LogP contribution in [0.15, 0.2) is 53.4 Å². The monoisotopic (exact) mass is 470 g/mol.